The Kier molecular flexibility index (Phi) is 4.29. The number of benzene rings is 1. The predicted molar refractivity (Wildman–Crippen MR) is 55.8 cm³/mol. The van der Waals surface area contributed by atoms with Crippen LogP contribution in [0.2, 0.25) is 0 Å². The highest BCUT2D eigenvalue weighted by Crippen LogP contribution is 2.13. The van der Waals surface area contributed by atoms with Gasteiger partial charge in [-0.15, -0.1) is 12.4 Å². The molecule has 0 fully saturated rings. The molecule has 1 aromatic carbocycles. The molecule has 0 bridgehead atoms. The first kappa shape index (κ1) is 11.5. The van der Waals surface area contributed by atoms with Gasteiger partial charge in [-0.1, -0.05) is 29.3 Å². The van der Waals surface area contributed by atoms with E-state index in [4.69, 9.17) is 5.73 Å². The normalized spacial score (nSPS) is 12.0. The van der Waals surface area contributed by atoms with Crippen molar-refractivity contribution in [2.75, 3.05) is 0 Å². The van der Waals surface area contributed by atoms with Gasteiger partial charge in [0.2, 0.25) is 0 Å². The summed E-state index contributed by atoms with van der Waals surface area (Å²) in [5, 5.41) is 0. The summed E-state index contributed by atoms with van der Waals surface area (Å²) in [4.78, 5) is 0. The minimum Gasteiger partial charge on any atom is -0.324 e. The van der Waals surface area contributed by atoms with Crippen LogP contribution in [0, 0.1) is 13.8 Å². The second kappa shape index (κ2) is 4.48. The summed E-state index contributed by atoms with van der Waals surface area (Å²) in [6.45, 7) is 6.20. The summed E-state index contributed by atoms with van der Waals surface area (Å²) in [7, 11) is 0. The molecule has 12 heavy (non-hydrogen) atoms. The zero-order chi connectivity index (χ0) is 8.43. The van der Waals surface area contributed by atoms with Crippen LogP contribution >= 0.6 is 12.4 Å². The maximum absolute atomic E-state index is 5.75. The minimum atomic E-state index is 0. The quantitative estimate of drug-likeness (QED) is 0.716. The molecule has 2 heteroatoms. The number of hydrogen-bond donors (Lipinski definition) is 1. The van der Waals surface area contributed by atoms with E-state index in [0.717, 1.165) is 0 Å². The molecule has 0 aromatic heterocycles. The van der Waals surface area contributed by atoms with Gasteiger partial charge in [-0.05, 0) is 26.3 Å². The van der Waals surface area contributed by atoms with Gasteiger partial charge < -0.3 is 5.73 Å². The van der Waals surface area contributed by atoms with E-state index in [1.165, 1.54) is 16.7 Å². The summed E-state index contributed by atoms with van der Waals surface area (Å²) in [6.07, 6.45) is 0. The Morgan fingerprint density at radius 1 is 1.08 bits per heavy atom. The Hall–Kier alpha value is -0.530. The third kappa shape index (κ3) is 2.84. The van der Waals surface area contributed by atoms with Crippen LogP contribution in [-0.2, 0) is 0 Å². The molecule has 1 aromatic rings. The van der Waals surface area contributed by atoms with Crippen molar-refractivity contribution < 1.29 is 0 Å². The van der Waals surface area contributed by atoms with Crippen molar-refractivity contribution in [3.8, 4) is 0 Å². The number of aryl methyl sites for hydroxylation is 2. The smallest absolute Gasteiger partial charge is 0.0266 e. The molecular formula is C10H16ClN. The molecule has 0 unspecified atom stereocenters. The molecule has 0 heterocycles. The number of rotatable bonds is 1. The minimum absolute atomic E-state index is 0. The van der Waals surface area contributed by atoms with Crippen molar-refractivity contribution in [3.63, 3.8) is 0 Å². The first-order chi connectivity index (χ1) is 5.09. The number of halogens is 1. The molecule has 1 rings (SSSR count). The van der Waals surface area contributed by atoms with Crippen LogP contribution in [-0.4, -0.2) is 0 Å². The van der Waals surface area contributed by atoms with E-state index < -0.39 is 0 Å². The molecule has 68 valence electrons. The van der Waals surface area contributed by atoms with Crippen LogP contribution in [0.25, 0.3) is 0 Å². The average Bonchev–Trinajstić information content (AvgIpc) is 1.85. The Morgan fingerprint density at radius 2 is 1.50 bits per heavy atom. The largest absolute Gasteiger partial charge is 0.324 e. The van der Waals surface area contributed by atoms with Crippen molar-refractivity contribution in [3.05, 3.63) is 34.9 Å². The van der Waals surface area contributed by atoms with Gasteiger partial charge in [-0.3, -0.25) is 0 Å². The van der Waals surface area contributed by atoms with Crippen LogP contribution in [0.4, 0.5) is 0 Å². The first-order valence-corrected chi connectivity index (χ1v) is 3.93. The molecule has 0 saturated heterocycles. The standard InChI is InChI=1S/C10H15N.ClH/c1-7-4-8(2)6-10(5-7)9(3)11;/h4-6,9H,11H2,1-3H3;1H/t9-;/m1./s1. The fourth-order valence-corrected chi connectivity index (χ4v) is 1.27. The zero-order valence-electron chi connectivity index (χ0n) is 7.79. The van der Waals surface area contributed by atoms with Gasteiger partial charge in [0.15, 0.2) is 0 Å². The fourth-order valence-electron chi connectivity index (χ4n) is 1.27. The van der Waals surface area contributed by atoms with Crippen LogP contribution in [0.3, 0.4) is 0 Å². The molecule has 0 aliphatic heterocycles. The molecular weight excluding hydrogens is 170 g/mol. The third-order valence-electron chi connectivity index (χ3n) is 1.77. The molecule has 0 aliphatic carbocycles. The number of hydrogen-bond acceptors (Lipinski definition) is 1. The van der Waals surface area contributed by atoms with Crippen LogP contribution in [0.5, 0.6) is 0 Å². The van der Waals surface area contributed by atoms with Crippen LogP contribution in [0.15, 0.2) is 18.2 Å². The SMILES string of the molecule is Cc1cc(C)cc([C@@H](C)N)c1.Cl. The summed E-state index contributed by atoms with van der Waals surface area (Å²) in [5.41, 5.74) is 9.55. The van der Waals surface area contributed by atoms with Crippen molar-refractivity contribution in [2.24, 2.45) is 5.73 Å². The maximum Gasteiger partial charge on any atom is 0.0266 e. The second-order valence-corrected chi connectivity index (χ2v) is 3.21. The third-order valence-corrected chi connectivity index (χ3v) is 1.77. The molecule has 2 N–H and O–H groups in total. The maximum atomic E-state index is 5.75. The lowest BCUT2D eigenvalue weighted by molar-refractivity contribution is 0.815. The molecule has 0 radical (unpaired) electrons. The van der Waals surface area contributed by atoms with Gasteiger partial charge in [-0.25, -0.2) is 0 Å². The Balaban J connectivity index is 0.00000121. The van der Waals surface area contributed by atoms with E-state index in [-0.39, 0.29) is 18.4 Å². The monoisotopic (exact) mass is 185 g/mol. The van der Waals surface area contributed by atoms with Crippen molar-refractivity contribution in [2.45, 2.75) is 26.8 Å². The van der Waals surface area contributed by atoms with Gasteiger partial charge in [0.05, 0.1) is 0 Å². The molecule has 0 saturated carbocycles. The second-order valence-electron chi connectivity index (χ2n) is 3.21. The molecule has 1 atom stereocenters. The van der Waals surface area contributed by atoms with Crippen LogP contribution in [0.1, 0.15) is 29.7 Å². The molecule has 1 nitrogen and oxygen atoms in total. The van der Waals surface area contributed by atoms with Gasteiger partial charge in [0.25, 0.3) is 0 Å². The Bertz CT molecular complexity index is 236. The van der Waals surface area contributed by atoms with Crippen molar-refractivity contribution in [1.82, 2.24) is 0 Å². The highest BCUT2D eigenvalue weighted by Gasteiger charge is 1.99. The van der Waals surface area contributed by atoms with E-state index in [1.54, 1.807) is 0 Å². The molecule has 0 spiro atoms. The Morgan fingerprint density at radius 3 is 1.83 bits per heavy atom. The summed E-state index contributed by atoms with van der Waals surface area (Å²) in [5.74, 6) is 0. The van der Waals surface area contributed by atoms with E-state index in [9.17, 15) is 0 Å². The van der Waals surface area contributed by atoms with Gasteiger partial charge >= 0.3 is 0 Å². The lowest BCUT2D eigenvalue weighted by Gasteiger charge is -2.07. The molecule has 0 aliphatic rings. The Labute approximate surface area is 80.4 Å². The van der Waals surface area contributed by atoms with Crippen LogP contribution < -0.4 is 5.73 Å². The lowest BCUT2D eigenvalue weighted by Crippen LogP contribution is -2.05. The average molecular weight is 186 g/mol. The summed E-state index contributed by atoms with van der Waals surface area (Å²) < 4.78 is 0. The van der Waals surface area contributed by atoms with Gasteiger partial charge in [0, 0.05) is 6.04 Å². The predicted octanol–water partition coefficient (Wildman–Crippen LogP) is 2.74. The topological polar surface area (TPSA) is 26.0 Å². The fraction of sp³-hybridized carbons (Fsp3) is 0.400. The number of nitrogens with two attached hydrogens (primary N) is 1. The van der Waals surface area contributed by atoms with E-state index in [1.807, 2.05) is 6.92 Å². The van der Waals surface area contributed by atoms with E-state index >= 15 is 0 Å². The van der Waals surface area contributed by atoms with E-state index in [2.05, 4.69) is 32.0 Å². The van der Waals surface area contributed by atoms with E-state index in [0.29, 0.717) is 0 Å². The zero-order valence-corrected chi connectivity index (χ0v) is 8.61. The van der Waals surface area contributed by atoms with Crippen molar-refractivity contribution >= 4 is 12.4 Å². The highest BCUT2D eigenvalue weighted by molar-refractivity contribution is 5.85. The molecule has 0 amide bonds. The van der Waals surface area contributed by atoms with Gasteiger partial charge in [0.1, 0.15) is 0 Å². The lowest BCUT2D eigenvalue weighted by atomic mass is 10.0. The first-order valence-electron chi connectivity index (χ1n) is 3.93. The highest BCUT2D eigenvalue weighted by atomic mass is 35.5. The van der Waals surface area contributed by atoms with Crippen molar-refractivity contribution in [1.29, 1.82) is 0 Å². The summed E-state index contributed by atoms with van der Waals surface area (Å²) in [6, 6.07) is 6.58. The van der Waals surface area contributed by atoms with Gasteiger partial charge in [-0.2, -0.15) is 0 Å². The summed E-state index contributed by atoms with van der Waals surface area (Å²) >= 11 is 0.